The topological polar surface area (TPSA) is 12.5 Å². The van der Waals surface area contributed by atoms with Crippen LogP contribution in [-0.2, 0) is 10.5 Å². The quantitative estimate of drug-likeness (QED) is 0.674. The van der Waals surface area contributed by atoms with Gasteiger partial charge >= 0.3 is 0 Å². The van der Waals surface area contributed by atoms with Gasteiger partial charge in [0.05, 0.1) is 6.61 Å². The van der Waals surface area contributed by atoms with Gasteiger partial charge in [0.25, 0.3) is 0 Å². The van der Waals surface area contributed by atoms with E-state index < -0.39 is 0 Å². The van der Waals surface area contributed by atoms with Crippen molar-refractivity contribution in [2.75, 3.05) is 20.2 Å². The first-order valence-corrected chi connectivity index (χ1v) is 5.05. The molecule has 1 aliphatic heterocycles. The molecule has 1 aliphatic rings. The highest BCUT2D eigenvalue weighted by molar-refractivity contribution is 5.26. The normalized spacial score (nSPS) is 28.2. The predicted molar refractivity (Wildman–Crippen MR) is 57.1 cm³/mol. The van der Waals surface area contributed by atoms with E-state index in [1.807, 2.05) is 0 Å². The Kier molecular flexibility index (Phi) is 2.33. The first kappa shape index (κ1) is 9.69. The zero-order valence-electron chi connectivity index (χ0n) is 9.08. The molecular weight excluding hydrogens is 174 g/mol. The number of rotatable bonds is 1. The number of ether oxygens (including phenoxy) is 1. The first-order valence-electron chi connectivity index (χ1n) is 5.05. The highest BCUT2D eigenvalue weighted by Crippen LogP contribution is 2.32. The van der Waals surface area contributed by atoms with E-state index in [0.717, 1.165) is 13.2 Å². The van der Waals surface area contributed by atoms with E-state index in [0.29, 0.717) is 0 Å². The molecule has 1 atom stereocenters. The van der Waals surface area contributed by atoms with Gasteiger partial charge in [0, 0.05) is 6.54 Å². The van der Waals surface area contributed by atoms with Crippen LogP contribution in [0.5, 0.6) is 0 Å². The van der Waals surface area contributed by atoms with Crippen LogP contribution >= 0.6 is 0 Å². The van der Waals surface area contributed by atoms with E-state index in [1.165, 1.54) is 11.1 Å². The summed E-state index contributed by atoms with van der Waals surface area (Å²) in [7, 11) is 2.10. The number of benzene rings is 1. The SMILES string of the molecule is Cc1ccc(C2(C)OCCN2C)cc1. The van der Waals surface area contributed by atoms with Crippen molar-refractivity contribution >= 4 is 0 Å². The summed E-state index contributed by atoms with van der Waals surface area (Å²) in [5.41, 5.74) is 2.30. The fourth-order valence-corrected chi connectivity index (χ4v) is 1.87. The fraction of sp³-hybridized carbons (Fsp3) is 0.500. The van der Waals surface area contributed by atoms with Gasteiger partial charge in [-0.2, -0.15) is 0 Å². The molecule has 2 rings (SSSR count). The van der Waals surface area contributed by atoms with Gasteiger partial charge in [-0.1, -0.05) is 29.8 Å². The molecule has 0 N–H and O–H groups in total. The summed E-state index contributed by atoms with van der Waals surface area (Å²) in [5, 5.41) is 0. The second kappa shape index (κ2) is 3.37. The molecule has 1 unspecified atom stereocenters. The number of hydrogen-bond acceptors (Lipinski definition) is 2. The molecule has 1 heterocycles. The highest BCUT2D eigenvalue weighted by Gasteiger charge is 2.36. The third kappa shape index (κ3) is 1.45. The molecule has 1 saturated heterocycles. The highest BCUT2D eigenvalue weighted by atomic mass is 16.5. The fourth-order valence-electron chi connectivity index (χ4n) is 1.87. The van der Waals surface area contributed by atoms with E-state index in [-0.39, 0.29) is 5.72 Å². The largest absolute Gasteiger partial charge is 0.355 e. The van der Waals surface area contributed by atoms with Crippen LogP contribution in [0, 0.1) is 6.92 Å². The van der Waals surface area contributed by atoms with Crippen molar-refractivity contribution in [3.63, 3.8) is 0 Å². The molecule has 0 aromatic heterocycles. The van der Waals surface area contributed by atoms with Crippen LogP contribution in [0.1, 0.15) is 18.1 Å². The summed E-state index contributed by atoms with van der Waals surface area (Å²) in [6.45, 7) is 6.06. The van der Waals surface area contributed by atoms with Crippen molar-refractivity contribution in [1.29, 1.82) is 0 Å². The standard InChI is InChI=1S/C12H17NO/c1-10-4-6-11(7-5-10)12(2)13(3)8-9-14-12/h4-7H,8-9H2,1-3H3. The minimum Gasteiger partial charge on any atom is -0.355 e. The van der Waals surface area contributed by atoms with Gasteiger partial charge < -0.3 is 4.74 Å². The molecule has 0 saturated carbocycles. The second-order valence-electron chi connectivity index (χ2n) is 4.12. The van der Waals surface area contributed by atoms with Crippen molar-refractivity contribution in [1.82, 2.24) is 4.90 Å². The summed E-state index contributed by atoms with van der Waals surface area (Å²) in [6.07, 6.45) is 0. The molecule has 1 aromatic rings. The van der Waals surface area contributed by atoms with E-state index in [4.69, 9.17) is 4.74 Å². The Morgan fingerprint density at radius 3 is 2.43 bits per heavy atom. The lowest BCUT2D eigenvalue weighted by Gasteiger charge is -2.31. The Morgan fingerprint density at radius 2 is 1.93 bits per heavy atom. The van der Waals surface area contributed by atoms with Gasteiger partial charge in [0.1, 0.15) is 5.72 Å². The first-order chi connectivity index (χ1) is 6.63. The van der Waals surface area contributed by atoms with E-state index in [9.17, 15) is 0 Å². The van der Waals surface area contributed by atoms with Crippen molar-refractivity contribution in [3.8, 4) is 0 Å². The lowest BCUT2D eigenvalue weighted by atomic mass is 10.0. The maximum Gasteiger partial charge on any atom is 0.144 e. The third-order valence-corrected chi connectivity index (χ3v) is 3.13. The summed E-state index contributed by atoms with van der Waals surface area (Å²) < 4.78 is 5.80. The van der Waals surface area contributed by atoms with Gasteiger partial charge in [0.15, 0.2) is 0 Å². The Bertz CT molecular complexity index is 320. The number of nitrogens with zero attached hydrogens (tertiary/aromatic N) is 1. The van der Waals surface area contributed by atoms with Crippen LogP contribution in [0.3, 0.4) is 0 Å². The molecule has 0 spiro atoms. The van der Waals surface area contributed by atoms with Crippen LogP contribution in [0.2, 0.25) is 0 Å². The van der Waals surface area contributed by atoms with Gasteiger partial charge in [-0.05, 0) is 26.5 Å². The van der Waals surface area contributed by atoms with Crippen molar-refractivity contribution in [3.05, 3.63) is 35.4 Å². The Balaban J connectivity index is 2.34. The van der Waals surface area contributed by atoms with Gasteiger partial charge in [-0.25, -0.2) is 0 Å². The van der Waals surface area contributed by atoms with Gasteiger partial charge in [0.2, 0.25) is 0 Å². The molecule has 0 radical (unpaired) electrons. The molecule has 0 amide bonds. The monoisotopic (exact) mass is 191 g/mol. The minimum atomic E-state index is -0.228. The maximum atomic E-state index is 5.80. The summed E-state index contributed by atoms with van der Waals surface area (Å²) >= 11 is 0. The van der Waals surface area contributed by atoms with Crippen LogP contribution in [0.4, 0.5) is 0 Å². The molecule has 76 valence electrons. The second-order valence-corrected chi connectivity index (χ2v) is 4.12. The van der Waals surface area contributed by atoms with E-state index >= 15 is 0 Å². The van der Waals surface area contributed by atoms with E-state index in [1.54, 1.807) is 0 Å². The van der Waals surface area contributed by atoms with Gasteiger partial charge in [-0.15, -0.1) is 0 Å². The van der Waals surface area contributed by atoms with Crippen LogP contribution in [0.25, 0.3) is 0 Å². The zero-order valence-corrected chi connectivity index (χ0v) is 9.08. The zero-order chi connectivity index (χ0) is 10.2. The molecular formula is C12H17NO. The predicted octanol–water partition coefficient (Wildman–Crippen LogP) is 2.13. The average molecular weight is 191 g/mol. The summed E-state index contributed by atoms with van der Waals surface area (Å²) in [4.78, 5) is 2.25. The molecule has 0 bridgehead atoms. The van der Waals surface area contributed by atoms with Crippen LogP contribution in [-0.4, -0.2) is 25.1 Å². The molecule has 14 heavy (non-hydrogen) atoms. The van der Waals surface area contributed by atoms with Gasteiger partial charge in [-0.3, -0.25) is 4.90 Å². The minimum absolute atomic E-state index is 0.228. The molecule has 2 nitrogen and oxygen atoms in total. The van der Waals surface area contributed by atoms with Crippen molar-refractivity contribution in [2.45, 2.75) is 19.6 Å². The molecule has 1 aromatic carbocycles. The Hall–Kier alpha value is -0.860. The molecule has 1 fully saturated rings. The molecule has 2 heteroatoms. The van der Waals surface area contributed by atoms with E-state index in [2.05, 4.69) is 50.1 Å². The number of hydrogen-bond donors (Lipinski definition) is 0. The average Bonchev–Trinajstić information content (AvgIpc) is 2.49. The summed E-state index contributed by atoms with van der Waals surface area (Å²) in [5.74, 6) is 0. The third-order valence-electron chi connectivity index (χ3n) is 3.13. The Morgan fingerprint density at radius 1 is 1.29 bits per heavy atom. The number of likely N-dealkylation sites (N-methyl/N-ethyl adjacent to an activating group) is 1. The van der Waals surface area contributed by atoms with Crippen LogP contribution in [0.15, 0.2) is 24.3 Å². The smallest absolute Gasteiger partial charge is 0.144 e. The molecule has 0 aliphatic carbocycles. The maximum absolute atomic E-state index is 5.80. The lowest BCUT2D eigenvalue weighted by Crippen LogP contribution is -2.36. The number of aryl methyl sites for hydroxylation is 1. The van der Waals surface area contributed by atoms with Crippen LogP contribution < -0.4 is 0 Å². The summed E-state index contributed by atoms with van der Waals surface area (Å²) in [6, 6.07) is 8.57. The van der Waals surface area contributed by atoms with Crippen molar-refractivity contribution in [2.24, 2.45) is 0 Å². The lowest BCUT2D eigenvalue weighted by molar-refractivity contribution is -0.0617. The Labute approximate surface area is 85.5 Å². The van der Waals surface area contributed by atoms with Crippen molar-refractivity contribution < 1.29 is 4.74 Å².